The number of rotatable bonds is 3. The SMILES string of the molecule is CC(=O)OC[C@H]1[C@H]2C[C@H]2[C@]2(C)C=C3OC(=O)C(CO)=C3C[C@@H]12. The third-order valence-electron chi connectivity index (χ3n) is 6.12. The first kappa shape index (κ1) is 14.0. The van der Waals surface area contributed by atoms with Gasteiger partial charge in [0, 0.05) is 18.4 Å². The van der Waals surface area contributed by atoms with Crippen LogP contribution in [0.5, 0.6) is 0 Å². The first-order chi connectivity index (χ1) is 10.5. The van der Waals surface area contributed by atoms with Crippen LogP contribution in [-0.4, -0.2) is 30.3 Å². The zero-order valence-electron chi connectivity index (χ0n) is 12.8. The minimum absolute atomic E-state index is 0.000495. The average Bonchev–Trinajstić information content (AvgIpc) is 3.13. The van der Waals surface area contributed by atoms with E-state index in [0.717, 1.165) is 18.4 Å². The maximum Gasteiger partial charge on any atom is 0.342 e. The lowest BCUT2D eigenvalue weighted by Crippen LogP contribution is -2.34. The number of aliphatic hydroxyl groups excluding tert-OH is 1. The summed E-state index contributed by atoms with van der Waals surface area (Å²) in [4.78, 5) is 23.0. The Balaban J connectivity index is 1.68. The molecule has 22 heavy (non-hydrogen) atoms. The lowest BCUT2D eigenvalue weighted by Gasteiger charge is -2.39. The molecule has 5 heteroatoms. The second-order valence-corrected chi connectivity index (χ2v) is 7.16. The van der Waals surface area contributed by atoms with Gasteiger partial charge in [0.2, 0.25) is 0 Å². The van der Waals surface area contributed by atoms with Crippen molar-refractivity contribution in [2.45, 2.75) is 26.7 Å². The van der Waals surface area contributed by atoms with Crippen LogP contribution in [0.15, 0.2) is 23.0 Å². The van der Waals surface area contributed by atoms with Gasteiger partial charge in [-0.05, 0) is 42.1 Å². The van der Waals surface area contributed by atoms with E-state index in [0.29, 0.717) is 41.6 Å². The van der Waals surface area contributed by atoms with E-state index < -0.39 is 5.97 Å². The van der Waals surface area contributed by atoms with Crippen molar-refractivity contribution < 1.29 is 24.2 Å². The Morgan fingerprint density at radius 1 is 1.50 bits per heavy atom. The molecule has 0 saturated heterocycles. The summed E-state index contributed by atoms with van der Waals surface area (Å²) in [7, 11) is 0. The van der Waals surface area contributed by atoms with Gasteiger partial charge in [-0.2, -0.15) is 0 Å². The molecule has 0 radical (unpaired) electrons. The number of hydrogen-bond donors (Lipinski definition) is 1. The summed E-state index contributed by atoms with van der Waals surface area (Å²) in [5.74, 6) is 1.84. The number of hydrogen-bond acceptors (Lipinski definition) is 5. The third-order valence-corrected chi connectivity index (χ3v) is 6.12. The van der Waals surface area contributed by atoms with Crippen molar-refractivity contribution in [1.29, 1.82) is 0 Å². The van der Waals surface area contributed by atoms with Gasteiger partial charge in [-0.3, -0.25) is 4.79 Å². The third kappa shape index (κ3) is 1.75. The number of carbonyl (C=O) groups is 2. The summed E-state index contributed by atoms with van der Waals surface area (Å²) in [6, 6.07) is 0. The molecule has 0 unspecified atom stereocenters. The van der Waals surface area contributed by atoms with Crippen molar-refractivity contribution in [3.8, 4) is 0 Å². The van der Waals surface area contributed by atoms with Crippen LogP contribution < -0.4 is 0 Å². The van der Waals surface area contributed by atoms with E-state index in [1.54, 1.807) is 0 Å². The Bertz CT molecular complexity index is 631. The molecule has 3 aliphatic carbocycles. The standard InChI is InChI=1S/C17H20O5/c1-8(19)21-7-12-9-3-13(9)17(2)5-15-10(4-14(12)17)11(6-18)16(20)22-15/h5,9,12-14,18H,3-4,6-7H2,1-2H3/t9-,12+,13-,14+,17+/m1/s1. The fourth-order valence-electron chi connectivity index (χ4n) is 4.97. The fraction of sp³-hybridized carbons (Fsp3) is 0.647. The molecule has 0 aromatic rings. The molecule has 118 valence electrons. The van der Waals surface area contributed by atoms with Gasteiger partial charge < -0.3 is 14.6 Å². The number of esters is 2. The van der Waals surface area contributed by atoms with Gasteiger partial charge in [-0.25, -0.2) is 4.79 Å². The van der Waals surface area contributed by atoms with E-state index >= 15 is 0 Å². The Kier molecular flexibility index (Phi) is 2.83. The van der Waals surface area contributed by atoms with Crippen LogP contribution in [0.4, 0.5) is 0 Å². The van der Waals surface area contributed by atoms with Crippen molar-refractivity contribution >= 4 is 11.9 Å². The predicted octanol–water partition coefficient (Wildman–Crippen LogP) is 1.57. The molecule has 1 heterocycles. The second kappa shape index (κ2) is 4.44. The Labute approximate surface area is 129 Å². The summed E-state index contributed by atoms with van der Waals surface area (Å²) < 4.78 is 10.6. The van der Waals surface area contributed by atoms with Gasteiger partial charge >= 0.3 is 11.9 Å². The van der Waals surface area contributed by atoms with Crippen molar-refractivity contribution in [1.82, 2.24) is 0 Å². The van der Waals surface area contributed by atoms with Crippen LogP contribution in [0.3, 0.4) is 0 Å². The van der Waals surface area contributed by atoms with Crippen LogP contribution in [0.1, 0.15) is 26.7 Å². The van der Waals surface area contributed by atoms with Crippen molar-refractivity contribution in [3.63, 3.8) is 0 Å². The minimum atomic E-state index is -0.420. The molecule has 0 amide bonds. The maximum absolute atomic E-state index is 11.8. The molecule has 5 atom stereocenters. The highest BCUT2D eigenvalue weighted by molar-refractivity contribution is 5.95. The van der Waals surface area contributed by atoms with Crippen LogP contribution in [0, 0.1) is 29.1 Å². The molecule has 1 aliphatic heterocycles. The van der Waals surface area contributed by atoms with Crippen LogP contribution in [0.2, 0.25) is 0 Å². The molecule has 0 spiro atoms. The number of aliphatic hydroxyl groups is 1. The molecule has 0 bridgehead atoms. The minimum Gasteiger partial charge on any atom is -0.466 e. The van der Waals surface area contributed by atoms with Crippen molar-refractivity contribution in [3.05, 3.63) is 23.0 Å². The number of allylic oxidation sites excluding steroid dienone is 2. The van der Waals surface area contributed by atoms with E-state index in [1.807, 2.05) is 0 Å². The maximum atomic E-state index is 11.8. The summed E-state index contributed by atoms with van der Waals surface area (Å²) >= 11 is 0. The molecule has 5 nitrogen and oxygen atoms in total. The summed E-state index contributed by atoms with van der Waals surface area (Å²) in [5.41, 5.74) is 1.24. The van der Waals surface area contributed by atoms with Gasteiger partial charge in [0.25, 0.3) is 0 Å². The van der Waals surface area contributed by atoms with E-state index in [1.165, 1.54) is 6.92 Å². The van der Waals surface area contributed by atoms with Crippen molar-refractivity contribution in [2.75, 3.05) is 13.2 Å². The number of carbonyl (C=O) groups excluding carboxylic acids is 2. The monoisotopic (exact) mass is 304 g/mol. The molecule has 2 fully saturated rings. The van der Waals surface area contributed by atoms with E-state index in [9.17, 15) is 14.7 Å². The molecule has 4 aliphatic rings. The number of ether oxygens (including phenoxy) is 2. The zero-order chi connectivity index (χ0) is 15.6. The van der Waals surface area contributed by atoms with Gasteiger partial charge in [0.05, 0.1) is 18.8 Å². The predicted molar refractivity (Wildman–Crippen MR) is 76.2 cm³/mol. The molecule has 4 rings (SSSR count). The highest BCUT2D eigenvalue weighted by Gasteiger charge is 2.66. The lowest BCUT2D eigenvalue weighted by molar-refractivity contribution is -0.143. The first-order valence-corrected chi connectivity index (χ1v) is 7.87. The van der Waals surface area contributed by atoms with E-state index in [4.69, 9.17) is 9.47 Å². The molecular weight excluding hydrogens is 284 g/mol. The molecule has 0 aromatic carbocycles. The first-order valence-electron chi connectivity index (χ1n) is 7.87. The van der Waals surface area contributed by atoms with Crippen LogP contribution in [0.25, 0.3) is 0 Å². The summed E-state index contributed by atoms with van der Waals surface area (Å²) in [6.45, 7) is 3.84. The lowest BCUT2D eigenvalue weighted by atomic mass is 9.66. The van der Waals surface area contributed by atoms with Gasteiger partial charge in [0.15, 0.2) is 0 Å². The molecule has 1 N–H and O–H groups in total. The van der Waals surface area contributed by atoms with Gasteiger partial charge in [-0.15, -0.1) is 0 Å². The van der Waals surface area contributed by atoms with Gasteiger partial charge in [-0.1, -0.05) is 6.92 Å². The topological polar surface area (TPSA) is 72.8 Å². The van der Waals surface area contributed by atoms with Crippen LogP contribution >= 0.6 is 0 Å². The molecule has 2 saturated carbocycles. The highest BCUT2D eigenvalue weighted by atomic mass is 16.5. The van der Waals surface area contributed by atoms with E-state index in [-0.39, 0.29) is 18.0 Å². The summed E-state index contributed by atoms with van der Waals surface area (Å²) in [5, 5.41) is 9.43. The molecular formula is C17H20O5. The Morgan fingerprint density at radius 2 is 2.27 bits per heavy atom. The van der Waals surface area contributed by atoms with Gasteiger partial charge in [0.1, 0.15) is 5.76 Å². The summed E-state index contributed by atoms with van der Waals surface area (Å²) in [6.07, 6.45) is 3.97. The van der Waals surface area contributed by atoms with E-state index in [2.05, 4.69) is 13.0 Å². The smallest absolute Gasteiger partial charge is 0.342 e. The average molecular weight is 304 g/mol. The highest BCUT2D eigenvalue weighted by Crippen LogP contribution is 2.71. The van der Waals surface area contributed by atoms with Crippen LogP contribution in [-0.2, 0) is 19.1 Å². The number of fused-ring (bicyclic) bond motifs is 4. The quantitative estimate of drug-likeness (QED) is 0.801. The van der Waals surface area contributed by atoms with Crippen molar-refractivity contribution in [2.24, 2.45) is 29.1 Å². The normalized spacial score (nSPS) is 41.4. The molecule has 0 aromatic heterocycles. The Hall–Kier alpha value is -1.62. The second-order valence-electron chi connectivity index (χ2n) is 7.16. The largest absolute Gasteiger partial charge is 0.466 e. The zero-order valence-corrected chi connectivity index (χ0v) is 12.8. The Morgan fingerprint density at radius 3 is 2.95 bits per heavy atom. The fourth-order valence-corrected chi connectivity index (χ4v) is 4.97.